The number of rotatable bonds is 5. The molecule has 2 atom stereocenters. The molecular formula is C28H22Cl2N6O2S. The fraction of sp³-hybridized carbons (Fsp3) is 0.250. The summed E-state index contributed by atoms with van der Waals surface area (Å²) in [5, 5.41) is 19.9. The second kappa shape index (κ2) is 10.5. The van der Waals surface area contributed by atoms with Crippen molar-refractivity contribution >= 4 is 52.6 Å². The van der Waals surface area contributed by atoms with Crippen molar-refractivity contribution < 1.29 is 9.59 Å². The van der Waals surface area contributed by atoms with E-state index in [2.05, 4.69) is 22.0 Å². The van der Waals surface area contributed by atoms with E-state index in [1.54, 1.807) is 43.4 Å². The van der Waals surface area contributed by atoms with Crippen LogP contribution in [0.25, 0.3) is 0 Å². The molecule has 3 heterocycles. The first-order valence-corrected chi connectivity index (χ1v) is 13.9. The van der Waals surface area contributed by atoms with Crippen LogP contribution in [-0.2, 0) is 11.3 Å². The molecule has 3 amide bonds. The zero-order valence-corrected chi connectivity index (χ0v) is 23.4. The number of thioether (sulfide) groups is 1. The molecule has 1 aromatic heterocycles. The van der Waals surface area contributed by atoms with E-state index in [9.17, 15) is 20.1 Å². The first-order chi connectivity index (χ1) is 18.7. The van der Waals surface area contributed by atoms with Crippen LogP contribution in [-0.4, -0.2) is 58.7 Å². The Morgan fingerprint density at radius 3 is 2.36 bits per heavy atom. The molecular weight excluding hydrogens is 555 g/mol. The maximum atomic E-state index is 14.3. The average Bonchev–Trinajstić information content (AvgIpc) is 3.39. The van der Waals surface area contributed by atoms with Crippen molar-refractivity contribution in [2.24, 2.45) is 0 Å². The third-order valence-electron chi connectivity index (χ3n) is 7.30. The fourth-order valence-electron chi connectivity index (χ4n) is 5.45. The highest BCUT2D eigenvalue weighted by molar-refractivity contribution is 7.98. The van der Waals surface area contributed by atoms with E-state index in [1.165, 1.54) is 16.7 Å². The lowest BCUT2D eigenvalue weighted by atomic mass is 9.80. The van der Waals surface area contributed by atoms with E-state index in [0.717, 1.165) is 16.2 Å². The van der Waals surface area contributed by atoms with E-state index in [1.807, 2.05) is 24.5 Å². The van der Waals surface area contributed by atoms with Gasteiger partial charge in [-0.2, -0.15) is 10.5 Å². The van der Waals surface area contributed by atoms with Crippen molar-refractivity contribution in [1.82, 2.24) is 14.8 Å². The number of carbonyl (C=O) groups is 2. The monoisotopic (exact) mass is 576 g/mol. The summed E-state index contributed by atoms with van der Waals surface area (Å²) in [5.41, 5.74) is 1.70. The number of halogens is 2. The Hall–Kier alpha value is -3.60. The number of nitrogens with zero attached hydrogens (tertiary/aromatic N) is 6. The maximum Gasteiger partial charge on any atom is 0.332 e. The van der Waals surface area contributed by atoms with Crippen LogP contribution in [0.4, 0.5) is 10.5 Å². The van der Waals surface area contributed by atoms with E-state index in [0.29, 0.717) is 45.0 Å². The van der Waals surface area contributed by atoms with Gasteiger partial charge in [-0.05, 0) is 54.3 Å². The van der Waals surface area contributed by atoms with Crippen LogP contribution in [0.3, 0.4) is 0 Å². The van der Waals surface area contributed by atoms with Crippen molar-refractivity contribution in [1.29, 1.82) is 10.5 Å². The Bertz CT molecular complexity index is 1550. The highest BCUT2D eigenvalue weighted by Gasteiger charge is 2.64. The van der Waals surface area contributed by atoms with Gasteiger partial charge in [0.05, 0.1) is 28.6 Å². The number of benzene rings is 2. The second-order valence-electron chi connectivity index (χ2n) is 9.46. The van der Waals surface area contributed by atoms with E-state index in [-0.39, 0.29) is 18.4 Å². The van der Waals surface area contributed by atoms with Crippen molar-refractivity contribution in [2.45, 2.75) is 23.0 Å². The van der Waals surface area contributed by atoms with Crippen LogP contribution in [0, 0.1) is 22.7 Å². The number of urea groups is 1. The number of nitriles is 2. The number of carbonyl (C=O) groups excluding carboxylic acids is 2. The van der Waals surface area contributed by atoms with Crippen LogP contribution in [0.15, 0.2) is 59.6 Å². The molecule has 2 aromatic carbocycles. The summed E-state index contributed by atoms with van der Waals surface area (Å²) in [5.74, 6) is -0.757. The van der Waals surface area contributed by atoms with E-state index in [4.69, 9.17) is 23.2 Å². The third kappa shape index (κ3) is 4.62. The van der Waals surface area contributed by atoms with Crippen LogP contribution < -0.4 is 4.90 Å². The molecule has 1 spiro atoms. The number of likely N-dealkylation sites (N-methyl/N-ethyl adjacent to an activating group) is 1. The molecule has 5 rings (SSSR count). The smallest absolute Gasteiger partial charge is 0.310 e. The molecule has 0 saturated carbocycles. The summed E-state index contributed by atoms with van der Waals surface area (Å²) in [7, 11) is 1.64. The molecule has 8 nitrogen and oxygen atoms in total. The first kappa shape index (κ1) is 27.0. The van der Waals surface area contributed by atoms with Crippen molar-refractivity contribution in [3.63, 3.8) is 0 Å². The number of anilines is 1. The summed E-state index contributed by atoms with van der Waals surface area (Å²) < 4.78 is 0. The third-order valence-corrected chi connectivity index (χ3v) is 8.43. The summed E-state index contributed by atoms with van der Waals surface area (Å²) in [6.07, 6.45) is 1.87. The van der Waals surface area contributed by atoms with Crippen LogP contribution in [0.5, 0.6) is 0 Å². The van der Waals surface area contributed by atoms with Crippen LogP contribution in [0.1, 0.15) is 28.3 Å². The van der Waals surface area contributed by atoms with Crippen LogP contribution in [0.2, 0.25) is 10.0 Å². The van der Waals surface area contributed by atoms with Gasteiger partial charge >= 0.3 is 6.03 Å². The minimum Gasteiger partial charge on any atom is -0.310 e. The Morgan fingerprint density at radius 2 is 1.74 bits per heavy atom. The van der Waals surface area contributed by atoms with Gasteiger partial charge in [0.2, 0.25) is 0 Å². The van der Waals surface area contributed by atoms with Crippen molar-refractivity contribution in [3.05, 3.63) is 87.0 Å². The van der Waals surface area contributed by atoms with E-state index >= 15 is 0 Å². The Morgan fingerprint density at radius 1 is 1.05 bits per heavy atom. The van der Waals surface area contributed by atoms with Gasteiger partial charge in [0, 0.05) is 42.6 Å². The largest absolute Gasteiger partial charge is 0.332 e. The molecule has 11 heteroatoms. The molecule has 2 aliphatic rings. The van der Waals surface area contributed by atoms with Gasteiger partial charge in [0.15, 0.2) is 0 Å². The molecule has 0 N–H and O–H groups in total. The van der Waals surface area contributed by atoms with E-state index < -0.39 is 11.6 Å². The predicted molar refractivity (Wildman–Crippen MR) is 150 cm³/mol. The molecule has 2 aliphatic heterocycles. The van der Waals surface area contributed by atoms with Gasteiger partial charge < -0.3 is 4.90 Å². The van der Waals surface area contributed by atoms with Gasteiger partial charge in [0.25, 0.3) is 5.91 Å². The lowest BCUT2D eigenvalue weighted by Crippen LogP contribution is -2.53. The minimum atomic E-state index is -1.21. The quantitative estimate of drug-likeness (QED) is 0.300. The van der Waals surface area contributed by atoms with Gasteiger partial charge in [-0.1, -0.05) is 35.3 Å². The summed E-state index contributed by atoms with van der Waals surface area (Å²) in [4.78, 5) is 37.3. The normalized spacial score (nSPS) is 21.0. The standard InChI is InChI=1S/C28H22Cl2N6O2S/c1-34-27(38)36(23-10-20(29)9-21(30)11-23)26(37)28(34)16-35(14-22-8-7-19(13-32)25(33-22)39-2)15-24(28)18-5-3-17(12-31)4-6-18/h3-11,24H,14-16H2,1-2H3. The Kier molecular flexibility index (Phi) is 7.28. The lowest BCUT2D eigenvalue weighted by molar-refractivity contribution is -0.124. The highest BCUT2D eigenvalue weighted by Crippen LogP contribution is 2.47. The van der Waals surface area contributed by atoms with Crippen molar-refractivity contribution in [2.75, 3.05) is 31.3 Å². The van der Waals surface area contributed by atoms with Gasteiger partial charge in [-0.3, -0.25) is 9.69 Å². The van der Waals surface area contributed by atoms with Gasteiger partial charge in [-0.15, -0.1) is 11.8 Å². The summed E-state index contributed by atoms with van der Waals surface area (Å²) in [6, 6.07) is 19.1. The number of likely N-dealkylation sites (tertiary alicyclic amines) is 1. The number of aromatic nitrogens is 1. The predicted octanol–water partition coefficient (Wildman–Crippen LogP) is 5.29. The molecule has 0 aliphatic carbocycles. The topological polar surface area (TPSA) is 104 Å². The molecule has 2 unspecified atom stereocenters. The Balaban J connectivity index is 1.57. The number of amides is 3. The number of imide groups is 1. The van der Waals surface area contributed by atoms with Gasteiger partial charge in [0.1, 0.15) is 16.6 Å². The van der Waals surface area contributed by atoms with Crippen molar-refractivity contribution in [3.8, 4) is 12.1 Å². The molecule has 39 heavy (non-hydrogen) atoms. The highest BCUT2D eigenvalue weighted by atomic mass is 35.5. The SMILES string of the molecule is CSc1nc(CN2CC(c3ccc(C#N)cc3)C3(C2)C(=O)N(c2cc(Cl)cc(Cl)c2)C(=O)N3C)ccc1C#N. The summed E-state index contributed by atoms with van der Waals surface area (Å²) >= 11 is 13.8. The first-order valence-electron chi connectivity index (χ1n) is 12.0. The average molecular weight is 577 g/mol. The Labute approximate surface area is 240 Å². The van der Waals surface area contributed by atoms with Gasteiger partial charge in [-0.25, -0.2) is 14.7 Å². The zero-order valence-electron chi connectivity index (χ0n) is 21.1. The molecule has 0 radical (unpaired) electrons. The summed E-state index contributed by atoms with van der Waals surface area (Å²) in [6.45, 7) is 1.15. The molecule has 196 valence electrons. The molecule has 2 fully saturated rings. The molecule has 3 aromatic rings. The fourth-order valence-corrected chi connectivity index (χ4v) is 6.51. The zero-order chi connectivity index (χ0) is 27.9. The van der Waals surface area contributed by atoms with Crippen LogP contribution >= 0.6 is 35.0 Å². The maximum absolute atomic E-state index is 14.3. The molecule has 0 bridgehead atoms. The molecule has 2 saturated heterocycles. The number of pyridine rings is 1. The number of hydrogen-bond donors (Lipinski definition) is 0. The number of hydrogen-bond acceptors (Lipinski definition) is 7. The minimum absolute atomic E-state index is 0.264. The second-order valence-corrected chi connectivity index (χ2v) is 11.1. The lowest BCUT2D eigenvalue weighted by Gasteiger charge is -2.34.